The Balaban J connectivity index is 1.32. The SMILES string of the molecule is CN1C(=C/C=C(/C=C/C2=[N+](C)c3ccc4ccccc4c3C2(C)C)c2ccccc2)C(C)(C)c2c1ccc1ccccc21. The van der Waals surface area contributed by atoms with Gasteiger partial charge in [0.05, 0.1) is 5.41 Å². The minimum atomic E-state index is -0.127. The number of nitrogens with zero attached hydrogens (tertiary/aromatic N) is 2. The van der Waals surface area contributed by atoms with Crippen molar-refractivity contribution in [3.05, 3.63) is 150 Å². The summed E-state index contributed by atoms with van der Waals surface area (Å²) in [6, 6.07) is 37.3. The van der Waals surface area contributed by atoms with Gasteiger partial charge in [-0.15, -0.1) is 0 Å². The van der Waals surface area contributed by atoms with E-state index in [-0.39, 0.29) is 10.8 Å². The van der Waals surface area contributed by atoms with Gasteiger partial charge in [0.1, 0.15) is 7.05 Å². The number of fused-ring (bicyclic) bond motifs is 6. The maximum atomic E-state index is 2.37. The molecule has 5 aromatic rings. The largest absolute Gasteiger partial charge is 0.347 e. The molecule has 2 aliphatic rings. The van der Waals surface area contributed by atoms with Crippen molar-refractivity contribution in [2.45, 2.75) is 38.5 Å². The lowest BCUT2D eigenvalue weighted by Gasteiger charge is -2.24. The van der Waals surface area contributed by atoms with E-state index < -0.39 is 0 Å². The van der Waals surface area contributed by atoms with Crippen LogP contribution in [0.25, 0.3) is 27.1 Å². The van der Waals surface area contributed by atoms with Crippen LogP contribution in [-0.2, 0) is 10.8 Å². The normalized spacial score (nSPS) is 18.3. The van der Waals surface area contributed by atoms with Crippen LogP contribution in [0.1, 0.15) is 44.4 Å². The highest BCUT2D eigenvalue weighted by molar-refractivity contribution is 6.08. The van der Waals surface area contributed by atoms with E-state index in [2.05, 4.69) is 179 Å². The molecule has 0 aliphatic carbocycles. The zero-order chi connectivity index (χ0) is 29.9. The summed E-state index contributed by atoms with van der Waals surface area (Å²) in [7, 11) is 4.40. The monoisotopic (exact) mass is 559 g/mol. The summed E-state index contributed by atoms with van der Waals surface area (Å²) in [4.78, 5) is 2.37. The summed E-state index contributed by atoms with van der Waals surface area (Å²) >= 11 is 0. The molecule has 7 rings (SSSR count). The average Bonchev–Trinajstić information content (AvgIpc) is 3.34. The number of hydrogen-bond acceptors (Lipinski definition) is 1. The zero-order valence-electron chi connectivity index (χ0n) is 26.0. The van der Waals surface area contributed by atoms with E-state index in [1.165, 1.54) is 66.6 Å². The number of benzene rings is 5. The van der Waals surface area contributed by atoms with E-state index in [9.17, 15) is 0 Å². The Morgan fingerprint density at radius 1 is 0.674 bits per heavy atom. The molecule has 2 heteroatoms. The minimum absolute atomic E-state index is 0.127. The van der Waals surface area contributed by atoms with Gasteiger partial charge in [0.25, 0.3) is 0 Å². The third-order valence-corrected chi connectivity index (χ3v) is 9.74. The summed E-state index contributed by atoms with van der Waals surface area (Å²) in [5.74, 6) is 0. The van der Waals surface area contributed by atoms with E-state index in [0.29, 0.717) is 0 Å². The average molecular weight is 560 g/mol. The van der Waals surface area contributed by atoms with Gasteiger partial charge >= 0.3 is 0 Å². The lowest BCUT2D eigenvalue weighted by atomic mass is 9.79. The first-order chi connectivity index (χ1) is 20.7. The van der Waals surface area contributed by atoms with Crippen molar-refractivity contribution in [3.8, 4) is 0 Å². The van der Waals surface area contributed by atoms with Gasteiger partial charge in [-0.25, -0.2) is 0 Å². The van der Waals surface area contributed by atoms with Crippen LogP contribution in [0.3, 0.4) is 0 Å². The van der Waals surface area contributed by atoms with Crippen molar-refractivity contribution >= 4 is 44.2 Å². The summed E-state index contributed by atoms with van der Waals surface area (Å²) in [5, 5.41) is 5.26. The minimum Gasteiger partial charge on any atom is -0.347 e. The van der Waals surface area contributed by atoms with Crippen molar-refractivity contribution in [2.24, 2.45) is 0 Å². The molecule has 0 fully saturated rings. The quantitative estimate of drug-likeness (QED) is 0.157. The van der Waals surface area contributed by atoms with E-state index >= 15 is 0 Å². The molecular formula is C41H39N2+. The molecule has 43 heavy (non-hydrogen) atoms. The van der Waals surface area contributed by atoms with Crippen LogP contribution in [0.2, 0.25) is 0 Å². The number of likely N-dealkylation sites (N-methyl/N-ethyl adjacent to an activating group) is 1. The Labute approximate surface area is 255 Å². The fourth-order valence-electron chi connectivity index (χ4n) is 7.60. The molecule has 2 nitrogen and oxygen atoms in total. The van der Waals surface area contributed by atoms with Gasteiger partial charge in [-0.1, -0.05) is 105 Å². The standard InChI is InChI=1S/C41H39N2/c1-40(2)36(42(5)34-24-20-30-16-10-12-18-32(30)38(34)40)26-22-29(28-14-8-7-9-15-28)23-27-37-41(3,4)39-33-19-13-11-17-31(33)21-25-35(39)43(37)6/h7-27H,1-6H3/q+1. The summed E-state index contributed by atoms with van der Waals surface area (Å²) in [6.07, 6.45) is 9.27. The van der Waals surface area contributed by atoms with Gasteiger partial charge in [0.2, 0.25) is 5.69 Å². The Morgan fingerprint density at radius 2 is 1.28 bits per heavy atom. The van der Waals surface area contributed by atoms with Crippen LogP contribution in [-0.4, -0.2) is 24.4 Å². The second kappa shape index (κ2) is 9.95. The third kappa shape index (κ3) is 4.19. The maximum Gasteiger partial charge on any atom is 0.210 e. The van der Waals surface area contributed by atoms with Crippen molar-refractivity contribution in [2.75, 3.05) is 19.0 Å². The van der Waals surface area contributed by atoms with E-state index in [0.717, 1.165) is 0 Å². The number of rotatable bonds is 4. The smallest absolute Gasteiger partial charge is 0.210 e. The number of anilines is 1. The zero-order valence-corrected chi connectivity index (χ0v) is 26.0. The molecule has 0 spiro atoms. The highest BCUT2D eigenvalue weighted by Gasteiger charge is 2.44. The fourth-order valence-corrected chi connectivity index (χ4v) is 7.60. The first-order valence-electron chi connectivity index (χ1n) is 15.2. The van der Waals surface area contributed by atoms with Gasteiger partial charge in [-0.05, 0) is 76.4 Å². The second-order valence-corrected chi connectivity index (χ2v) is 13.0. The Hall–Kier alpha value is -4.69. The lowest BCUT2D eigenvalue weighted by Crippen LogP contribution is -2.26. The Morgan fingerprint density at radius 3 is 1.98 bits per heavy atom. The summed E-state index contributed by atoms with van der Waals surface area (Å²) < 4.78 is 2.37. The molecule has 0 radical (unpaired) electrons. The Bertz CT molecular complexity index is 2030. The van der Waals surface area contributed by atoms with Crippen molar-refractivity contribution in [1.29, 1.82) is 0 Å². The van der Waals surface area contributed by atoms with Crippen LogP contribution in [0.5, 0.6) is 0 Å². The van der Waals surface area contributed by atoms with Gasteiger partial charge in [-0.2, -0.15) is 4.58 Å². The van der Waals surface area contributed by atoms with Gasteiger partial charge in [0, 0.05) is 41.6 Å². The summed E-state index contributed by atoms with van der Waals surface area (Å²) in [5.41, 5.74) is 10.1. The molecule has 0 N–H and O–H groups in total. The van der Waals surface area contributed by atoms with Gasteiger partial charge in [0.15, 0.2) is 5.71 Å². The molecule has 0 bridgehead atoms. The first kappa shape index (κ1) is 27.2. The molecule has 0 aromatic heterocycles. The van der Waals surface area contributed by atoms with E-state index in [1.807, 2.05) is 0 Å². The molecule has 0 unspecified atom stereocenters. The molecule has 0 atom stereocenters. The van der Waals surface area contributed by atoms with E-state index in [4.69, 9.17) is 0 Å². The summed E-state index contributed by atoms with van der Waals surface area (Å²) in [6.45, 7) is 9.42. The predicted molar refractivity (Wildman–Crippen MR) is 185 cm³/mol. The topological polar surface area (TPSA) is 6.25 Å². The lowest BCUT2D eigenvalue weighted by molar-refractivity contribution is -0.401. The highest BCUT2D eigenvalue weighted by atomic mass is 15.2. The molecule has 2 heterocycles. The predicted octanol–water partition coefficient (Wildman–Crippen LogP) is 9.95. The highest BCUT2D eigenvalue weighted by Crippen LogP contribution is 2.50. The van der Waals surface area contributed by atoms with Crippen LogP contribution in [0.4, 0.5) is 11.4 Å². The second-order valence-electron chi connectivity index (χ2n) is 13.0. The van der Waals surface area contributed by atoms with E-state index in [1.54, 1.807) is 0 Å². The van der Waals surface area contributed by atoms with Crippen molar-refractivity contribution in [1.82, 2.24) is 0 Å². The molecule has 0 amide bonds. The van der Waals surface area contributed by atoms with Gasteiger partial charge in [-0.3, -0.25) is 0 Å². The maximum absolute atomic E-state index is 2.37. The number of hydrogen-bond donors (Lipinski definition) is 0. The van der Waals surface area contributed by atoms with Crippen LogP contribution >= 0.6 is 0 Å². The van der Waals surface area contributed by atoms with Crippen molar-refractivity contribution < 1.29 is 4.58 Å². The van der Waals surface area contributed by atoms with Crippen LogP contribution in [0.15, 0.2) is 133 Å². The molecule has 0 saturated heterocycles. The molecule has 0 saturated carbocycles. The molecular weight excluding hydrogens is 520 g/mol. The molecule has 212 valence electrons. The molecule has 5 aromatic carbocycles. The van der Waals surface area contributed by atoms with Crippen molar-refractivity contribution in [3.63, 3.8) is 0 Å². The van der Waals surface area contributed by atoms with Crippen LogP contribution in [0, 0.1) is 0 Å². The fraction of sp³-hybridized carbons (Fsp3) is 0.195. The first-order valence-corrected chi connectivity index (χ1v) is 15.2. The third-order valence-electron chi connectivity index (χ3n) is 9.74. The Kier molecular flexibility index (Phi) is 6.29. The molecule has 2 aliphatic heterocycles. The van der Waals surface area contributed by atoms with Gasteiger partial charge < -0.3 is 4.90 Å². The van der Waals surface area contributed by atoms with Crippen LogP contribution < -0.4 is 4.90 Å². The number of allylic oxidation sites excluding steroid dienone is 6.